The summed E-state index contributed by atoms with van der Waals surface area (Å²) in [4.78, 5) is 0. The molecule has 0 saturated carbocycles. The summed E-state index contributed by atoms with van der Waals surface area (Å²) >= 11 is 0. The van der Waals surface area contributed by atoms with E-state index in [0.717, 1.165) is 0 Å². The molecular formula is C13H20FNO2. The molecule has 17 heavy (non-hydrogen) atoms. The Hall–Kier alpha value is -0.970. The van der Waals surface area contributed by atoms with Crippen LogP contribution in [0.2, 0.25) is 0 Å². The van der Waals surface area contributed by atoms with Crippen molar-refractivity contribution < 1.29 is 14.2 Å². The lowest BCUT2D eigenvalue weighted by molar-refractivity contribution is 0.0499. The van der Waals surface area contributed by atoms with Gasteiger partial charge in [0.15, 0.2) is 0 Å². The monoisotopic (exact) mass is 241 g/mol. The van der Waals surface area contributed by atoms with Crippen molar-refractivity contribution in [1.29, 1.82) is 0 Å². The van der Waals surface area contributed by atoms with E-state index in [0.29, 0.717) is 18.7 Å². The summed E-state index contributed by atoms with van der Waals surface area (Å²) in [7, 11) is 1.64. The molecule has 1 rings (SSSR count). The molecular weight excluding hydrogens is 221 g/mol. The fraction of sp³-hybridized carbons (Fsp3) is 0.538. The Morgan fingerprint density at radius 3 is 2.53 bits per heavy atom. The molecule has 0 bridgehead atoms. The van der Waals surface area contributed by atoms with Crippen LogP contribution >= 0.6 is 0 Å². The molecule has 1 aromatic rings. The van der Waals surface area contributed by atoms with Crippen molar-refractivity contribution in [3.8, 4) is 0 Å². The molecule has 0 unspecified atom stereocenters. The zero-order chi connectivity index (χ0) is 12.9. The average Bonchev–Trinajstić information content (AvgIpc) is 2.28. The fourth-order valence-corrected chi connectivity index (χ4v) is 1.59. The highest BCUT2D eigenvalue weighted by molar-refractivity contribution is 5.22. The molecule has 3 nitrogen and oxygen atoms in total. The average molecular weight is 241 g/mol. The van der Waals surface area contributed by atoms with Gasteiger partial charge in [0.1, 0.15) is 5.82 Å². The van der Waals surface area contributed by atoms with Crippen LogP contribution in [-0.2, 0) is 10.3 Å². The van der Waals surface area contributed by atoms with Gasteiger partial charge < -0.3 is 15.2 Å². The zero-order valence-corrected chi connectivity index (χ0v) is 10.5. The molecule has 2 N–H and O–H groups in total. The predicted octanol–water partition coefficient (Wildman–Crippen LogP) is 1.66. The normalized spacial score (nSPS) is 16.5. The van der Waals surface area contributed by atoms with Gasteiger partial charge in [-0.15, -0.1) is 0 Å². The van der Waals surface area contributed by atoms with E-state index in [1.165, 1.54) is 12.1 Å². The number of nitrogens with one attached hydrogen (secondary N) is 1. The second kappa shape index (κ2) is 6.10. The van der Waals surface area contributed by atoms with Gasteiger partial charge in [0.05, 0.1) is 12.2 Å². The Balaban J connectivity index is 2.58. The molecule has 2 atom stereocenters. The van der Waals surface area contributed by atoms with Gasteiger partial charge in [0.2, 0.25) is 0 Å². The Labute approximate surface area is 102 Å². The van der Waals surface area contributed by atoms with E-state index >= 15 is 0 Å². The van der Waals surface area contributed by atoms with Crippen molar-refractivity contribution in [3.05, 3.63) is 35.6 Å². The first kappa shape index (κ1) is 14.1. The molecule has 0 fully saturated rings. The van der Waals surface area contributed by atoms with E-state index < -0.39 is 5.60 Å². The molecule has 1 aromatic carbocycles. The third-order valence-electron chi connectivity index (χ3n) is 2.68. The summed E-state index contributed by atoms with van der Waals surface area (Å²) in [6.45, 7) is 4.65. The Morgan fingerprint density at radius 1 is 1.41 bits per heavy atom. The minimum atomic E-state index is -1.02. The zero-order valence-electron chi connectivity index (χ0n) is 10.5. The third kappa shape index (κ3) is 4.42. The predicted molar refractivity (Wildman–Crippen MR) is 65.3 cm³/mol. The topological polar surface area (TPSA) is 41.5 Å². The van der Waals surface area contributed by atoms with Gasteiger partial charge in [0, 0.05) is 19.7 Å². The van der Waals surface area contributed by atoms with E-state index in [9.17, 15) is 9.50 Å². The number of halogens is 1. The van der Waals surface area contributed by atoms with Crippen LogP contribution in [0.25, 0.3) is 0 Å². The van der Waals surface area contributed by atoms with Crippen LogP contribution in [0.15, 0.2) is 24.3 Å². The van der Waals surface area contributed by atoms with Crippen LogP contribution < -0.4 is 5.32 Å². The number of benzene rings is 1. The maximum Gasteiger partial charge on any atom is 0.123 e. The van der Waals surface area contributed by atoms with E-state index in [-0.39, 0.29) is 11.9 Å². The van der Waals surface area contributed by atoms with Crippen LogP contribution in [0.5, 0.6) is 0 Å². The minimum absolute atomic E-state index is 0.159. The summed E-state index contributed by atoms with van der Waals surface area (Å²) < 4.78 is 17.8. The summed E-state index contributed by atoms with van der Waals surface area (Å²) in [6.07, 6.45) is 0. The first-order valence-electron chi connectivity index (χ1n) is 5.66. The molecule has 0 saturated heterocycles. The highest BCUT2D eigenvalue weighted by Gasteiger charge is 2.23. The Kier molecular flexibility index (Phi) is 5.05. The second-order valence-corrected chi connectivity index (χ2v) is 4.52. The van der Waals surface area contributed by atoms with E-state index in [2.05, 4.69) is 5.32 Å². The molecule has 0 amide bonds. The van der Waals surface area contributed by atoms with Crippen molar-refractivity contribution >= 4 is 0 Å². The molecule has 4 heteroatoms. The maximum atomic E-state index is 12.8. The summed E-state index contributed by atoms with van der Waals surface area (Å²) in [5.74, 6) is -0.301. The van der Waals surface area contributed by atoms with E-state index in [1.54, 1.807) is 26.2 Å². The first-order valence-corrected chi connectivity index (χ1v) is 5.66. The van der Waals surface area contributed by atoms with Crippen molar-refractivity contribution in [1.82, 2.24) is 5.32 Å². The fourth-order valence-electron chi connectivity index (χ4n) is 1.59. The number of ether oxygens (including phenoxy) is 1. The quantitative estimate of drug-likeness (QED) is 0.796. The summed E-state index contributed by atoms with van der Waals surface area (Å²) in [6, 6.07) is 6.05. The first-order chi connectivity index (χ1) is 7.95. The lowest BCUT2D eigenvalue weighted by atomic mass is 9.96. The highest BCUT2D eigenvalue weighted by atomic mass is 19.1. The molecule has 0 aromatic heterocycles. The summed E-state index contributed by atoms with van der Waals surface area (Å²) in [5, 5.41) is 13.4. The van der Waals surface area contributed by atoms with Crippen LogP contribution in [0.1, 0.15) is 19.4 Å². The standard InChI is InChI=1S/C13H20FNO2/c1-10(8-17-3)15-9-13(2,16)11-4-6-12(14)7-5-11/h4-7,10,15-16H,8-9H2,1-3H3/t10-,13+/m0/s1. The lowest BCUT2D eigenvalue weighted by Gasteiger charge is -2.26. The molecule has 0 aliphatic rings. The maximum absolute atomic E-state index is 12.8. The SMILES string of the molecule is COC[C@H](C)NC[C@@](C)(O)c1ccc(F)cc1. The van der Waals surface area contributed by atoms with Crippen molar-refractivity contribution in [2.24, 2.45) is 0 Å². The minimum Gasteiger partial charge on any atom is -0.384 e. The molecule has 0 aliphatic heterocycles. The largest absolute Gasteiger partial charge is 0.384 e. The van der Waals surface area contributed by atoms with Crippen LogP contribution in [0.4, 0.5) is 4.39 Å². The smallest absolute Gasteiger partial charge is 0.123 e. The molecule has 0 radical (unpaired) electrons. The van der Waals surface area contributed by atoms with Gasteiger partial charge >= 0.3 is 0 Å². The van der Waals surface area contributed by atoms with Gasteiger partial charge in [-0.25, -0.2) is 4.39 Å². The lowest BCUT2D eigenvalue weighted by Crippen LogP contribution is -2.41. The van der Waals surface area contributed by atoms with E-state index in [4.69, 9.17) is 4.74 Å². The number of rotatable bonds is 6. The Morgan fingerprint density at radius 2 is 2.00 bits per heavy atom. The van der Waals surface area contributed by atoms with Crippen molar-refractivity contribution in [2.75, 3.05) is 20.3 Å². The van der Waals surface area contributed by atoms with E-state index in [1.807, 2.05) is 6.92 Å². The number of aliphatic hydroxyl groups is 1. The molecule has 0 spiro atoms. The van der Waals surface area contributed by atoms with Gasteiger partial charge in [-0.2, -0.15) is 0 Å². The van der Waals surface area contributed by atoms with Crippen LogP contribution in [0, 0.1) is 5.82 Å². The van der Waals surface area contributed by atoms with Gasteiger partial charge in [-0.1, -0.05) is 12.1 Å². The number of hydrogen-bond acceptors (Lipinski definition) is 3. The van der Waals surface area contributed by atoms with Crippen LogP contribution in [0.3, 0.4) is 0 Å². The molecule has 0 heterocycles. The van der Waals surface area contributed by atoms with Crippen molar-refractivity contribution in [3.63, 3.8) is 0 Å². The molecule has 0 aliphatic carbocycles. The second-order valence-electron chi connectivity index (χ2n) is 4.52. The van der Waals surface area contributed by atoms with Gasteiger partial charge in [-0.3, -0.25) is 0 Å². The van der Waals surface area contributed by atoms with Gasteiger partial charge in [-0.05, 0) is 31.5 Å². The molecule has 96 valence electrons. The third-order valence-corrected chi connectivity index (χ3v) is 2.68. The number of methoxy groups -OCH3 is 1. The van der Waals surface area contributed by atoms with Crippen molar-refractivity contribution in [2.45, 2.75) is 25.5 Å². The number of hydrogen-bond donors (Lipinski definition) is 2. The Bertz CT molecular complexity index is 338. The summed E-state index contributed by atoms with van der Waals surface area (Å²) in [5.41, 5.74) is -0.327. The van der Waals surface area contributed by atoms with Crippen LogP contribution in [-0.4, -0.2) is 31.4 Å². The van der Waals surface area contributed by atoms with Gasteiger partial charge in [0.25, 0.3) is 0 Å². The highest BCUT2D eigenvalue weighted by Crippen LogP contribution is 2.19.